The van der Waals surface area contributed by atoms with Gasteiger partial charge in [0.1, 0.15) is 5.84 Å². The van der Waals surface area contributed by atoms with Crippen LogP contribution in [0.3, 0.4) is 0 Å². The van der Waals surface area contributed by atoms with Gasteiger partial charge in [0.2, 0.25) is 0 Å². The Morgan fingerprint density at radius 2 is 2.29 bits per heavy atom. The quantitative estimate of drug-likeness (QED) is 0.461. The number of nitrogens with zero attached hydrogens (tertiary/aromatic N) is 1. The fourth-order valence-corrected chi connectivity index (χ4v) is 3.61. The van der Waals surface area contributed by atoms with Crippen molar-refractivity contribution in [2.75, 3.05) is 30.3 Å². The molecule has 0 amide bonds. The zero-order chi connectivity index (χ0) is 15.2. The molecule has 21 heavy (non-hydrogen) atoms. The highest BCUT2D eigenvalue weighted by Crippen LogP contribution is 2.31. The maximum atomic E-state index is 7.95. The Labute approximate surface area is 131 Å². The van der Waals surface area contributed by atoms with Crippen LogP contribution >= 0.6 is 11.8 Å². The summed E-state index contributed by atoms with van der Waals surface area (Å²) in [4.78, 5) is 3.38. The predicted octanol–water partition coefficient (Wildman–Crippen LogP) is 3.09. The van der Waals surface area contributed by atoms with Crippen molar-refractivity contribution >= 4 is 23.3 Å². The first-order valence-corrected chi connectivity index (χ1v) is 8.62. The van der Waals surface area contributed by atoms with Gasteiger partial charge in [0.25, 0.3) is 0 Å². The average Bonchev–Trinajstić information content (AvgIpc) is 2.97. The Hall–Kier alpha value is -1.20. The largest absolute Gasteiger partial charge is 0.384 e. The lowest BCUT2D eigenvalue weighted by atomic mass is 10.1. The SMILES string of the molecule is CCSc1cccc(N(CC)CC2CCCO2)c1C(=N)N. The minimum absolute atomic E-state index is 0.146. The topological polar surface area (TPSA) is 62.3 Å². The summed E-state index contributed by atoms with van der Waals surface area (Å²) in [6.07, 6.45) is 2.57. The molecule has 2 rings (SSSR count). The highest BCUT2D eigenvalue weighted by Gasteiger charge is 2.22. The van der Waals surface area contributed by atoms with Crippen LogP contribution in [-0.4, -0.2) is 37.4 Å². The molecule has 0 radical (unpaired) electrons. The third-order valence-corrected chi connectivity index (χ3v) is 4.68. The van der Waals surface area contributed by atoms with E-state index in [0.29, 0.717) is 6.10 Å². The van der Waals surface area contributed by atoms with Gasteiger partial charge in [0, 0.05) is 30.3 Å². The van der Waals surface area contributed by atoms with E-state index in [0.717, 1.165) is 54.4 Å². The van der Waals surface area contributed by atoms with Gasteiger partial charge in [-0.1, -0.05) is 13.0 Å². The van der Waals surface area contributed by atoms with Crippen molar-refractivity contribution in [1.82, 2.24) is 0 Å². The first-order valence-electron chi connectivity index (χ1n) is 7.64. The Morgan fingerprint density at radius 1 is 1.48 bits per heavy atom. The van der Waals surface area contributed by atoms with E-state index in [1.807, 2.05) is 6.07 Å². The normalized spacial score (nSPS) is 17.9. The van der Waals surface area contributed by atoms with Crippen LogP contribution in [0.4, 0.5) is 5.69 Å². The van der Waals surface area contributed by atoms with E-state index in [1.165, 1.54) is 0 Å². The van der Waals surface area contributed by atoms with Crippen LogP contribution in [0, 0.1) is 5.41 Å². The van der Waals surface area contributed by atoms with Crippen LogP contribution < -0.4 is 10.6 Å². The Balaban J connectivity index is 2.30. The predicted molar refractivity (Wildman–Crippen MR) is 90.7 cm³/mol. The van der Waals surface area contributed by atoms with Gasteiger partial charge in [-0.2, -0.15) is 0 Å². The molecule has 116 valence electrons. The standard InChI is InChI=1S/C16H25N3OS/c1-3-19(11-12-7-6-10-20-12)13-8-5-9-14(21-4-2)15(13)16(17)18/h5,8-9,12H,3-4,6-7,10-11H2,1-2H3,(H3,17,18). The number of ether oxygens (including phenoxy) is 1. The summed E-state index contributed by atoms with van der Waals surface area (Å²) < 4.78 is 5.75. The summed E-state index contributed by atoms with van der Waals surface area (Å²) in [6, 6.07) is 6.17. The number of nitrogens with two attached hydrogens (primary N) is 1. The van der Waals surface area contributed by atoms with Gasteiger partial charge < -0.3 is 15.4 Å². The molecule has 1 saturated heterocycles. The van der Waals surface area contributed by atoms with Crippen molar-refractivity contribution in [1.29, 1.82) is 5.41 Å². The molecular weight excluding hydrogens is 282 g/mol. The van der Waals surface area contributed by atoms with E-state index < -0.39 is 0 Å². The summed E-state index contributed by atoms with van der Waals surface area (Å²) in [5.74, 6) is 1.12. The number of rotatable bonds is 7. The molecular formula is C16H25N3OS. The number of amidine groups is 1. The minimum atomic E-state index is 0.146. The molecule has 1 heterocycles. The Kier molecular flexibility index (Phi) is 5.94. The Morgan fingerprint density at radius 3 is 2.86 bits per heavy atom. The number of anilines is 1. The van der Waals surface area contributed by atoms with Crippen molar-refractivity contribution in [3.8, 4) is 0 Å². The van der Waals surface area contributed by atoms with Gasteiger partial charge in [0.05, 0.1) is 11.7 Å². The van der Waals surface area contributed by atoms with Gasteiger partial charge in [-0.25, -0.2) is 0 Å². The highest BCUT2D eigenvalue weighted by molar-refractivity contribution is 7.99. The molecule has 1 aromatic carbocycles. The van der Waals surface area contributed by atoms with Gasteiger partial charge >= 0.3 is 0 Å². The van der Waals surface area contributed by atoms with E-state index in [1.54, 1.807) is 11.8 Å². The minimum Gasteiger partial charge on any atom is -0.384 e. The molecule has 1 aliphatic rings. The lowest BCUT2D eigenvalue weighted by Gasteiger charge is -2.28. The zero-order valence-corrected chi connectivity index (χ0v) is 13.7. The maximum absolute atomic E-state index is 7.95. The van der Waals surface area contributed by atoms with E-state index >= 15 is 0 Å². The summed E-state index contributed by atoms with van der Waals surface area (Å²) in [6.45, 7) is 6.88. The van der Waals surface area contributed by atoms with E-state index in [-0.39, 0.29) is 5.84 Å². The number of benzene rings is 1. The number of likely N-dealkylation sites (N-methyl/N-ethyl adjacent to an activating group) is 1. The lowest BCUT2D eigenvalue weighted by molar-refractivity contribution is 0.115. The Bertz CT molecular complexity index is 486. The van der Waals surface area contributed by atoms with E-state index in [2.05, 4.69) is 30.9 Å². The van der Waals surface area contributed by atoms with Crippen LogP contribution in [-0.2, 0) is 4.74 Å². The smallest absolute Gasteiger partial charge is 0.126 e. The van der Waals surface area contributed by atoms with Crippen LogP contribution in [0.15, 0.2) is 23.1 Å². The summed E-state index contributed by atoms with van der Waals surface area (Å²) >= 11 is 1.74. The third-order valence-electron chi connectivity index (χ3n) is 3.74. The molecule has 0 spiro atoms. The van der Waals surface area contributed by atoms with Crippen molar-refractivity contribution in [2.45, 2.75) is 37.7 Å². The van der Waals surface area contributed by atoms with E-state index in [9.17, 15) is 0 Å². The molecule has 0 bridgehead atoms. The molecule has 1 aromatic rings. The first-order chi connectivity index (χ1) is 10.2. The zero-order valence-electron chi connectivity index (χ0n) is 12.9. The van der Waals surface area contributed by atoms with Crippen LogP contribution in [0.25, 0.3) is 0 Å². The lowest BCUT2D eigenvalue weighted by Crippen LogP contribution is -2.33. The second kappa shape index (κ2) is 7.71. The average molecular weight is 307 g/mol. The molecule has 1 atom stereocenters. The fraction of sp³-hybridized carbons (Fsp3) is 0.562. The van der Waals surface area contributed by atoms with Gasteiger partial charge in [0.15, 0.2) is 0 Å². The van der Waals surface area contributed by atoms with Crippen LogP contribution in [0.2, 0.25) is 0 Å². The number of hydrogen-bond acceptors (Lipinski definition) is 4. The van der Waals surface area contributed by atoms with Crippen LogP contribution in [0.5, 0.6) is 0 Å². The second-order valence-electron chi connectivity index (χ2n) is 5.17. The molecule has 5 heteroatoms. The molecule has 0 saturated carbocycles. The van der Waals surface area contributed by atoms with Crippen molar-refractivity contribution < 1.29 is 4.74 Å². The van der Waals surface area contributed by atoms with Gasteiger partial charge in [-0.3, -0.25) is 5.41 Å². The molecule has 3 N–H and O–H groups in total. The van der Waals surface area contributed by atoms with Gasteiger partial charge in [-0.05, 0) is 37.7 Å². The molecule has 0 aromatic heterocycles. The first kappa shape index (κ1) is 16.2. The maximum Gasteiger partial charge on any atom is 0.126 e. The molecule has 1 fully saturated rings. The molecule has 0 aliphatic carbocycles. The number of hydrogen-bond donors (Lipinski definition) is 2. The molecule has 1 unspecified atom stereocenters. The van der Waals surface area contributed by atoms with Crippen molar-refractivity contribution in [3.63, 3.8) is 0 Å². The number of nitrogens with one attached hydrogen (secondary N) is 1. The summed E-state index contributed by atoms with van der Waals surface area (Å²) in [5.41, 5.74) is 7.78. The van der Waals surface area contributed by atoms with Gasteiger partial charge in [-0.15, -0.1) is 11.8 Å². The summed E-state index contributed by atoms with van der Waals surface area (Å²) in [5, 5.41) is 7.95. The fourth-order valence-electron chi connectivity index (χ4n) is 2.76. The van der Waals surface area contributed by atoms with Crippen molar-refractivity contribution in [2.24, 2.45) is 5.73 Å². The number of nitrogen functional groups attached to an aromatic ring is 1. The monoisotopic (exact) mass is 307 g/mol. The third kappa shape index (κ3) is 3.92. The summed E-state index contributed by atoms with van der Waals surface area (Å²) in [7, 11) is 0. The number of thioether (sulfide) groups is 1. The van der Waals surface area contributed by atoms with Crippen molar-refractivity contribution in [3.05, 3.63) is 23.8 Å². The molecule has 1 aliphatic heterocycles. The second-order valence-corrected chi connectivity index (χ2v) is 6.48. The molecule has 4 nitrogen and oxygen atoms in total. The highest BCUT2D eigenvalue weighted by atomic mass is 32.2. The van der Waals surface area contributed by atoms with Crippen LogP contribution in [0.1, 0.15) is 32.3 Å². The van der Waals surface area contributed by atoms with E-state index in [4.69, 9.17) is 15.9 Å².